The highest BCUT2D eigenvalue weighted by Crippen LogP contribution is 2.30. The number of rotatable bonds is 6. The predicted molar refractivity (Wildman–Crippen MR) is 125 cm³/mol. The molecule has 2 rings (SSSR count). The molecule has 0 saturated heterocycles. The molecule has 2 aromatic rings. The number of carbonyl (C=O) groups is 1. The molecule has 12 heteroatoms. The Bertz CT molecular complexity index is 876. The maximum Gasteiger partial charge on any atom is 0.259 e. The molecule has 0 bridgehead atoms. The molecule has 29 heavy (non-hydrogen) atoms. The normalized spacial score (nSPS) is 12.1. The Morgan fingerprint density at radius 3 is 2.21 bits per heavy atom. The molecule has 0 radical (unpaired) electrons. The number of ether oxygens (including phenoxy) is 1. The molecule has 0 fully saturated rings. The van der Waals surface area contributed by atoms with Gasteiger partial charge < -0.3 is 20.7 Å². The molecule has 0 aliphatic carbocycles. The van der Waals surface area contributed by atoms with Crippen LogP contribution in [0.4, 0.5) is 5.69 Å². The zero-order valence-corrected chi connectivity index (χ0v) is 19.7. The minimum absolute atomic E-state index is 0.116. The van der Waals surface area contributed by atoms with Gasteiger partial charge in [0.15, 0.2) is 11.7 Å². The molecule has 1 atom stereocenters. The number of hydrogen-bond acceptors (Lipinski definition) is 3. The van der Waals surface area contributed by atoms with Crippen molar-refractivity contribution in [3.63, 3.8) is 0 Å². The van der Waals surface area contributed by atoms with Crippen LogP contribution in [0.2, 0.25) is 15.1 Å². The molecule has 0 aliphatic rings. The molecule has 2 aromatic carbocycles. The largest absolute Gasteiger partial charge is 0.482 e. The summed E-state index contributed by atoms with van der Waals surface area (Å²) in [6.07, 6.45) is -1.14. The summed E-state index contributed by atoms with van der Waals surface area (Å²) in [4.78, 5) is 12.2. The Morgan fingerprint density at radius 2 is 1.62 bits per heavy atom. The molecular weight excluding hydrogens is 523 g/mol. The second-order valence-electron chi connectivity index (χ2n) is 5.51. The lowest BCUT2D eigenvalue weighted by Gasteiger charge is -2.27. The van der Waals surface area contributed by atoms with Gasteiger partial charge in [-0.2, -0.15) is 0 Å². The number of benzene rings is 2. The van der Waals surface area contributed by atoms with Crippen LogP contribution in [-0.4, -0.2) is 27.6 Å². The van der Waals surface area contributed by atoms with Crippen LogP contribution in [0.3, 0.4) is 0 Å². The highest BCUT2D eigenvalue weighted by molar-refractivity contribution is 7.80. The van der Waals surface area contributed by atoms with Crippen LogP contribution in [-0.2, 0) is 4.79 Å². The summed E-state index contributed by atoms with van der Waals surface area (Å²) in [7, 11) is 0. The van der Waals surface area contributed by atoms with E-state index in [9.17, 15) is 4.79 Å². The monoisotopic (exact) mass is 533 g/mol. The van der Waals surface area contributed by atoms with E-state index in [-0.39, 0.29) is 22.5 Å². The maximum absolute atomic E-state index is 12.2. The number of alkyl halides is 3. The number of anilines is 1. The van der Waals surface area contributed by atoms with Crippen molar-refractivity contribution in [2.75, 3.05) is 11.9 Å². The molecular formula is C17H13Cl6N3O2S. The summed E-state index contributed by atoms with van der Waals surface area (Å²) in [6, 6.07) is 11.4. The van der Waals surface area contributed by atoms with Gasteiger partial charge in [-0.15, -0.1) is 0 Å². The van der Waals surface area contributed by atoms with Crippen molar-refractivity contribution in [1.29, 1.82) is 0 Å². The van der Waals surface area contributed by atoms with Crippen molar-refractivity contribution >= 4 is 98.5 Å². The fourth-order valence-electron chi connectivity index (χ4n) is 1.97. The quantitative estimate of drug-likeness (QED) is 0.247. The zero-order chi connectivity index (χ0) is 21.6. The minimum atomic E-state index is -1.90. The van der Waals surface area contributed by atoms with E-state index in [0.717, 1.165) is 0 Å². The van der Waals surface area contributed by atoms with Gasteiger partial charge >= 0.3 is 0 Å². The summed E-state index contributed by atoms with van der Waals surface area (Å²) in [5.41, 5.74) is 0.655. The van der Waals surface area contributed by atoms with Crippen molar-refractivity contribution < 1.29 is 9.53 Å². The second kappa shape index (κ2) is 11.0. The van der Waals surface area contributed by atoms with Crippen molar-refractivity contribution in [2.45, 2.75) is 9.96 Å². The van der Waals surface area contributed by atoms with Crippen LogP contribution < -0.4 is 20.7 Å². The van der Waals surface area contributed by atoms with Crippen LogP contribution in [0.1, 0.15) is 0 Å². The average molecular weight is 536 g/mol. The minimum Gasteiger partial charge on any atom is -0.482 e. The first-order valence-corrected chi connectivity index (χ1v) is 10.5. The van der Waals surface area contributed by atoms with E-state index in [0.29, 0.717) is 15.7 Å². The van der Waals surface area contributed by atoms with Gasteiger partial charge in [-0.3, -0.25) is 4.79 Å². The SMILES string of the molecule is O=C(COc1ccc(Cl)cc1Cl)N[C@H](NC(=S)Nc1ccc(Cl)cc1)C(Cl)(Cl)Cl. The summed E-state index contributed by atoms with van der Waals surface area (Å²) in [5.74, 6) is -0.293. The Balaban J connectivity index is 1.94. The zero-order valence-electron chi connectivity index (χ0n) is 14.3. The van der Waals surface area contributed by atoms with E-state index >= 15 is 0 Å². The number of amides is 1. The first kappa shape index (κ1) is 24.4. The Kier molecular flexibility index (Phi) is 9.22. The van der Waals surface area contributed by atoms with Gasteiger partial charge in [0, 0.05) is 15.7 Å². The lowest BCUT2D eigenvalue weighted by atomic mass is 10.3. The second-order valence-corrected chi connectivity index (χ2v) is 9.57. The first-order chi connectivity index (χ1) is 13.5. The van der Waals surface area contributed by atoms with E-state index in [1.165, 1.54) is 12.1 Å². The van der Waals surface area contributed by atoms with Crippen LogP contribution in [0, 0.1) is 0 Å². The first-order valence-electron chi connectivity index (χ1n) is 7.81. The molecule has 3 N–H and O–H groups in total. The van der Waals surface area contributed by atoms with E-state index in [4.69, 9.17) is 86.6 Å². The number of halogens is 6. The highest BCUT2D eigenvalue weighted by atomic mass is 35.6. The summed E-state index contributed by atoms with van der Waals surface area (Å²) >= 11 is 40.7. The summed E-state index contributed by atoms with van der Waals surface area (Å²) in [5, 5.41) is 9.50. The van der Waals surface area contributed by atoms with Gasteiger partial charge in [0.1, 0.15) is 11.9 Å². The van der Waals surface area contributed by atoms with E-state index < -0.39 is 15.9 Å². The van der Waals surface area contributed by atoms with Crippen LogP contribution >= 0.6 is 81.8 Å². The van der Waals surface area contributed by atoms with Gasteiger partial charge in [-0.1, -0.05) is 69.6 Å². The lowest BCUT2D eigenvalue weighted by Crippen LogP contribution is -2.56. The van der Waals surface area contributed by atoms with Gasteiger partial charge in [-0.25, -0.2) is 0 Å². The van der Waals surface area contributed by atoms with Crippen LogP contribution in [0.15, 0.2) is 42.5 Å². The Labute approximate surface area is 202 Å². The highest BCUT2D eigenvalue weighted by Gasteiger charge is 2.34. The number of nitrogens with one attached hydrogen (secondary N) is 3. The molecule has 1 amide bonds. The molecule has 5 nitrogen and oxygen atoms in total. The molecule has 0 aliphatic heterocycles. The smallest absolute Gasteiger partial charge is 0.259 e. The Morgan fingerprint density at radius 1 is 1.00 bits per heavy atom. The third kappa shape index (κ3) is 8.42. The van der Waals surface area contributed by atoms with E-state index in [1.807, 2.05) is 0 Å². The molecule has 0 spiro atoms. The van der Waals surface area contributed by atoms with Crippen molar-refractivity contribution in [3.8, 4) is 5.75 Å². The van der Waals surface area contributed by atoms with Crippen LogP contribution in [0.25, 0.3) is 0 Å². The Hall–Kier alpha value is -0.860. The van der Waals surface area contributed by atoms with Gasteiger partial charge in [0.2, 0.25) is 3.79 Å². The summed E-state index contributed by atoms with van der Waals surface area (Å²) in [6.45, 7) is -0.377. The topological polar surface area (TPSA) is 62.4 Å². The van der Waals surface area contributed by atoms with Gasteiger partial charge in [0.25, 0.3) is 5.91 Å². The molecule has 0 aromatic heterocycles. The van der Waals surface area contributed by atoms with Crippen molar-refractivity contribution in [3.05, 3.63) is 57.5 Å². The van der Waals surface area contributed by atoms with Crippen molar-refractivity contribution in [1.82, 2.24) is 10.6 Å². The van der Waals surface area contributed by atoms with Gasteiger partial charge in [-0.05, 0) is 54.7 Å². The number of carbonyl (C=O) groups excluding carboxylic acids is 1. The third-order valence-electron chi connectivity index (χ3n) is 3.26. The average Bonchev–Trinajstić information content (AvgIpc) is 2.61. The fraction of sp³-hybridized carbons (Fsp3) is 0.176. The summed E-state index contributed by atoms with van der Waals surface area (Å²) < 4.78 is 3.45. The number of hydrogen-bond donors (Lipinski definition) is 3. The van der Waals surface area contributed by atoms with E-state index in [2.05, 4.69) is 16.0 Å². The van der Waals surface area contributed by atoms with Crippen LogP contribution in [0.5, 0.6) is 5.75 Å². The number of thiocarbonyl (C=S) groups is 1. The third-order valence-corrected chi connectivity index (χ3v) is 4.92. The standard InChI is InChI=1S/C17H13Cl6N3O2S/c18-9-1-4-11(5-2-9)24-16(29)26-15(17(21,22)23)25-14(27)8-28-13-6-3-10(19)7-12(13)20/h1-7,15H,8H2,(H,25,27)(H2,24,26,29)/t15-/m1/s1. The van der Waals surface area contributed by atoms with Gasteiger partial charge in [0.05, 0.1) is 5.02 Å². The van der Waals surface area contributed by atoms with Crippen molar-refractivity contribution in [2.24, 2.45) is 0 Å². The lowest BCUT2D eigenvalue weighted by molar-refractivity contribution is -0.123. The molecule has 0 saturated carbocycles. The van der Waals surface area contributed by atoms with E-state index in [1.54, 1.807) is 30.3 Å². The molecule has 156 valence electrons. The predicted octanol–water partition coefficient (Wildman–Crippen LogP) is 5.82. The molecule has 0 heterocycles. The maximum atomic E-state index is 12.2. The molecule has 0 unspecified atom stereocenters. The fourth-order valence-corrected chi connectivity index (χ4v) is 3.12.